The van der Waals surface area contributed by atoms with Gasteiger partial charge >= 0.3 is 6.01 Å². The molecule has 0 saturated carbocycles. The van der Waals surface area contributed by atoms with Crippen LogP contribution in [0.5, 0.6) is 0 Å². The van der Waals surface area contributed by atoms with Gasteiger partial charge < -0.3 is 4.42 Å². The third-order valence-corrected chi connectivity index (χ3v) is 10.0. The summed E-state index contributed by atoms with van der Waals surface area (Å²) in [5.74, 6) is -0.361. The van der Waals surface area contributed by atoms with Crippen LogP contribution >= 0.6 is 0 Å². The van der Waals surface area contributed by atoms with Crippen LogP contribution in [0.4, 0.5) is 6.01 Å². The fourth-order valence-electron chi connectivity index (χ4n) is 4.83. The second-order valence-electron chi connectivity index (χ2n) is 9.51. The van der Waals surface area contributed by atoms with Gasteiger partial charge in [0.05, 0.1) is 9.79 Å². The van der Waals surface area contributed by atoms with Crippen molar-refractivity contribution in [3.05, 3.63) is 53.6 Å². The number of anilines is 1. The molecule has 3 aromatic rings. The first-order valence-electron chi connectivity index (χ1n) is 12.2. The molecule has 12 heteroatoms. The van der Waals surface area contributed by atoms with E-state index < -0.39 is 25.8 Å². The lowest BCUT2D eigenvalue weighted by Crippen LogP contribution is -2.41. The maximum Gasteiger partial charge on any atom is 0.322 e. The molecular formula is C25H28N4O6S2. The Labute approximate surface area is 216 Å². The Kier molecular flexibility index (Phi) is 6.90. The van der Waals surface area contributed by atoms with Crippen molar-refractivity contribution in [1.82, 2.24) is 14.5 Å². The summed E-state index contributed by atoms with van der Waals surface area (Å²) in [7, 11) is -7.22. The minimum absolute atomic E-state index is 0.0127. The Hall–Kier alpha value is -3.09. The Morgan fingerprint density at radius 3 is 2.24 bits per heavy atom. The van der Waals surface area contributed by atoms with Crippen LogP contribution in [-0.4, -0.2) is 56.6 Å². The molecule has 196 valence electrons. The Bertz CT molecular complexity index is 1520. The predicted octanol–water partition coefficient (Wildman–Crippen LogP) is 3.06. The highest BCUT2D eigenvalue weighted by Gasteiger charge is 2.33. The van der Waals surface area contributed by atoms with E-state index in [0.717, 1.165) is 31.1 Å². The average Bonchev–Trinajstić information content (AvgIpc) is 3.36. The fourth-order valence-corrected chi connectivity index (χ4v) is 6.93. The third kappa shape index (κ3) is 5.46. The van der Waals surface area contributed by atoms with Crippen LogP contribution in [0.2, 0.25) is 0 Å². The topological polar surface area (TPSA) is 140 Å². The summed E-state index contributed by atoms with van der Waals surface area (Å²) >= 11 is 0. The fraction of sp³-hybridized carbons (Fsp3) is 0.400. The van der Waals surface area contributed by atoms with Gasteiger partial charge in [0.1, 0.15) is 0 Å². The van der Waals surface area contributed by atoms with E-state index in [-0.39, 0.29) is 34.8 Å². The first-order chi connectivity index (χ1) is 17.6. The molecule has 1 aliphatic carbocycles. The molecule has 1 aromatic heterocycles. The summed E-state index contributed by atoms with van der Waals surface area (Å²) in [6, 6.07) is 11.3. The molecule has 2 aliphatic rings. The summed E-state index contributed by atoms with van der Waals surface area (Å²) in [5, 5.41) is 10.7. The van der Waals surface area contributed by atoms with Gasteiger partial charge in [-0.05, 0) is 86.1 Å². The maximum absolute atomic E-state index is 13.0. The van der Waals surface area contributed by atoms with E-state index in [2.05, 4.69) is 27.6 Å². The minimum Gasteiger partial charge on any atom is -0.403 e. The lowest BCUT2D eigenvalue weighted by atomic mass is 9.90. The third-order valence-electron chi connectivity index (χ3n) is 6.96. The molecule has 1 fully saturated rings. The summed E-state index contributed by atoms with van der Waals surface area (Å²) < 4.78 is 56.2. The van der Waals surface area contributed by atoms with Gasteiger partial charge in [-0.25, -0.2) is 16.8 Å². The van der Waals surface area contributed by atoms with E-state index >= 15 is 0 Å². The summed E-state index contributed by atoms with van der Waals surface area (Å²) in [4.78, 5) is 12.9. The molecule has 1 aliphatic heterocycles. The van der Waals surface area contributed by atoms with Gasteiger partial charge in [-0.1, -0.05) is 11.2 Å². The Morgan fingerprint density at radius 1 is 0.919 bits per heavy atom. The standard InChI is InChI=1S/C25H28N4O6S2/c1-36(31,32)21-8-10-22(11-9-21)37(33,34)29-14-12-18(13-15-29)23(30)26-25-28-27-24(35-25)20-7-6-17-4-2-3-5-19(17)16-20/h6-11,16,18H,2-5,12-15H2,1H3,(H,26,28,30). The van der Waals surface area contributed by atoms with Gasteiger partial charge in [0.15, 0.2) is 9.84 Å². The van der Waals surface area contributed by atoms with Gasteiger partial charge in [-0.15, -0.1) is 5.10 Å². The van der Waals surface area contributed by atoms with Gasteiger partial charge in [-0.3, -0.25) is 10.1 Å². The highest BCUT2D eigenvalue weighted by Crippen LogP contribution is 2.29. The molecule has 0 bridgehead atoms. The molecule has 5 rings (SSSR count). The van der Waals surface area contributed by atoms with Crippen molar-refractivity contribution in [2.24, 2.45) is 5.92 Å². The Morgan fingerprint density at radius 2 is 1.57 bits per heavy atom. The zero-order valence-electron chi connectivity index (χ0n) is 20.4. The molecule has 2 heterocycles. The van der Waals surface area contributed by atoms with Crippen LogP contribution in [0.25, 0.3) is 11.5 Å². The maximum atomic E-state index is 13.0. The second-order valence-corrected chi connectivity index (χ2v) is 13.5. The molecule has 0 radical (unpaired) electrons. The first kappa shape index (κ1) is 25.6. The van der Waals surface area contributed by atoms with E-state index in [4.69, 9.17) is 4.42 Å². The van der Waals surface area contributed by atoms with E-state index in [1.165, 1.54) is 46.1 Å². The number of piperidine rings is 1. The van der Waals surface area contributed by atoms with Crippen LogP contribution in [0.3, 0.4) is 0 Å². The average molecular weight is 545 g/mol. The summed E-state index contributed by atoms with van der Waals surface area (Å²) in [5.41, 5.74) is 3.46. The highest BCUT2D eigenvalue weighted by atomic mass is 32.2. The van der Waals surface area contributed by atoms with Crippen LogP contribution in [-0.2, 0) is 37.5 Å². The van der Waals surface area contributed by atoms with Crippen molar-refractivity contribution in [2.45, 2.75) is 48.3 Å². The van der Waals surface area contributed by atoms with Crippen LogP contribution < -0.4 is 5.32 Å². The summed E-state index contributed by atoms with van der Waals surface area (Å²) in [6.07, 6.45) is 6.20. The second kappa shape index (κ2) is 9.99. The number of carbonyl (C=O) groups is 1. The predicted molar refractivity (Wildman–Crippen MR) is 136 cm³/mol. The van der Waals surface area contributed by atoms with Gasteiger partial charge in [0.2, 0.25) is 21.8 Å². The molecule has 37 heavy (non-hydrogen) atoms. The first-order valence-corrected chi connectivity index (χ1v) is 15.5. The number of sulfone groups is 1. The van der Waals surface area contributed by atoms with E-state index in [1.54, 1.807) is 0 Å². The molecule has 0 atom stereocenters. The van der Waals surface area contributed by atoms with Crippen molar-refractivity contribution < 1.29 is 26.0 Å². The van der Waals surface area contributed by atoms with Gasteiger partial charge in [-0.2, -0.15) is 4.31 Å². The zero-order valence-corrected chi connectivity index (χ0v) is 22.0. The number of rotatable bonds is 6. The smallest absolute Gasteiger partial charge is 0.322 e. The van der Waals surface area contributed by atoms with E-state index in [0.29, 0.717) is 18.7 Å². The number of nitrogens with one attached hydrogen (secondary N) is 1. The van der Waals surface area contributed by atoms with Crippen molar-refractivity contribution in [2.75, 3.05) is 24.7 Å². The SMILES string of the molecule is CS(=O)(=O)c1ccc(S(=O)(=O)N2CCC(C(=O)Nc3nnc(-c4ccc5c(c4)CCCC5)o3)CC2)cc1. The molecule has 2 aromatic carbocycles. The molecule has 1 amide bonds. The monoisotopic (exact) mass is 544 g/mol. The van der Waals surface area contributed by atoms with Crippen molar-refractivity contribution in [3.8, 4) is 11.5 Å². The van der Waals surface area contributed by atoms with Crippen LogP contribution in [0, 0.1) is 5.92 Å². The number of nitrogens with zero attached hydrogens (tertiary/aromatic N) is 3. The number of fused-ring (bicyclic) bond motifs is 1. The number of sulfonamides is 1. The number of aryl methyl sites for hydroxylation is 2. The zero-order chi connectivity index (χ0) is 26.2. The molecule has 10 nitrogen and oxygen atoms in total. The number of hydrogen-bond acceptors (Lipinski definition) is 8. The normalized spacial score (nSPS) is 17.3. The quantitative estimate of drug-likeness (QED) is 0.499. The molecular weight excluding hydrogens is 516 g/mol. The van der Waals surface area contributed by atoms with E-state index in [1.807, 2.05) is 6.07 Å². The lowest BCUT2D eigenvalue weighted by molar-refractivity contribution is -0.121. The van der Waals surface area contributed by atoms with Crippen molar-refractivity contribution in [3.63, 3.8) is 0 Å². The molecule has 1 saturated heterocycles. The van der Waals surface area contributed by atoms with Gasteiger partial charge in [0, 0.05) is 30.8 Å². The highest BCUT2D eigenvalue weighted by molar-refractivity contribution is 7.90. The van der Waals surface area contributed by atoms with Crippen LogP contribution in [0.1, 0.15) is 36.8 Å². The van der Waals surface area contributed by atoms with Crippen LogP contribution in [0.15, 0.2) is 56.7 Å². The number of hydrogen-bond donors (Lipinski definition) is 1. The largest absolute Gasteiger partial charge is 0.403 e. The Balaban J connectivity index is 1.19. The van der Waals surface area contributed by atoms with Gasteiger partial charge in [0.25, 0.3) is 0 Å². The minimum atomic E-state index is -3.80. The van der Waals surface area contributed by atoms with Crippen molar-refractivity contribution in [1.29, 1.82) is 0 Å². The van der Waals surface area contributed by atoms with E-state index in [9.17, 15) is 21.6 Å². The van der Waals surface area contributed by atoms with Crippen molar-refractivity contribution >= 4 is 31.8 Å². The molecule has 1 N–H and O–H groups in total. The lowest BCUT2D eigenvalue weighted by Gasteiger charge is -2.30. The number of benzene rings is 2. The summed E-state index contributed by atoms with van der Waals surface area (Å²) in [6.45, 7) is 0.330. The number of carbonyl (C=O) groups excluding carboxylic acids is 1. The number of amides is 1. The molecule has 0 spiro atoms. The number of aromatic nitrogens is 2. The molecule has 0 unspecified atom stereocenters.